The fourth-order valence-electron chi connectivity index (χ4n) is 7.24. The van der Waals surface area contributed by atoms with E-state index < -0.39 is 16.9 Å². The van der Waals surface area contributed by atoms with Gasteiger partial charge in [0.15, 0.2) is 0 Å². The number of hydrogen-bond acceptors (Lipinski definition) is 6. The van der Waals surface area contributed by atoms with Crippen LogP contribution in [0.2, 0.25) is 0 Å². The Morgan fingerprint density at radius 1 is 1.18 bits per heavy atom. The first kappa shape index (κ1) is 21.6. The molecule has 5 aliphatic rings. The molecule has 4 fully saturated rings. The molecule has 178 valence electrons. The first-order chi connectivity index (χ1) is 15.9. The summed E-state index contributed by atoms with van der Waals surface area (Å²) in [5.74, 6) is 0.589. The average molecular weight is 454 g/mol. The third-order valence-electron chi connectivity index (χ3n) is 9.18. The number of amides is 1. The third-order valence-corrected chi connectivity index (χ3v) is 9.18. The number of nitrogens with one attached hydrogen (secondary N) is 2. The van der Waals surface area contributed by atoms with E-state index in [1.807, 2.05) is 17.0 Å². The molecule has 2 saturated heterocycles. The Bertz CT molecular complexity index is 986. The lowest BCUT2D eigenvalue weighted by atomic mass is 9.47. The highest BCUT2D eigenvalue weighted by atomic mass is 16.3. The average Bonchev–Trinajstić information content (AvgIpc) is 3.60. The van der Waals surface area contributed by atoms with Crippen LogP contribution in [0, 0.1) is 11.8 Å². The van der Waals surface area contributed by atoms with Gasteiger partial charge in [-0.05, 0) is 79.8 Å². The summed E-state index contributed by atoms with van der Waals surface area (Å²) in [4.78, 5) is 28.3. The normalized spacial score (nSPS) is 35.7. The summed E-state index contributed by atoms with van der Waals surface area (Å²) in [5, 5.41) is 29.7. The standard InChI is InChI=1S/C26H35N3O4/c30-19-10-17(9-16-1-2-16)20-13-23-26(33)14-18(11-24(32)29-7-5-27-6-8-29)22(31)15-25(26,3-4-28-23)21(20)12-19/h10,12,16,18,23,27-28,30,33H,1-9,11,13-15H2. The largest absolute Gasteiger partial charge is 0.508 e. The maximum atomic E-state index is 13.5. The van der Waals surface area contributed by atoms with E-state index in [-0.39, 0.29) is 36.3 Å². The number of aromatic hydroxyl groups is 1. The van der Waals surface area contributed by atoms with Crippen molar-refractivity contribution >= 4 is 11.7 Å². The molecule has 4 atom stereocenters. The molecule has 1 aromatic carbocycles. The van der Waals surface area contributed by atoms with Crippen LogP contribution in [0.4, 0.5) is 0 Å². The lowest BCUT2D eigenvalue weighted by Crippen LogP contribution is -2.73. The zero-order valence-corrected chi connectivity index (χ0v) is 19.2. The van der Waals surface area contributed by atoms with Crippen LogP contribution in [0.3, 0.4) is 0 Å². The molecule has 0 aromatic heterocycles. The number of piperidine rings is 1. The highest BCUT2D eigenvalue weighted by Crippen LogP contribution is 2.58. The molecule has 2 bridgehead atoms. The van der Waals surface area contributed by atoms with Gasteiger partial charge in [-0.15, -0.1) is 0 Å². The molecule has 2 heterocycles. The van der Waals surface area contributed by atoms with Crippen LogP contribution < -0.4 is 10.6 Å². The van der Waals surface area contributed by atoms with Gasteiger partial charge in [-0.25, -0.2) is 0 Å². The van der Waals surface area contributed by atoms with Gasteiger partial charge in [0.25, 0.3) is 0 Å². The quantitative estimate of drug-likeness (QED) is 0.543. The second kappa shape index (κ2) is 7.79. The van der Waals surface area contributed by atoms with Crippen molar-refractivity contribution in [2.24, 2.45) is 11.8 Å². The Hall–Kier alpha value is -1.96. The van der Waals surface area contributed by atoms with Gasteiger partial charge >= 0.3 is 0 Å². The Balaban J connectivity index is 1.34. The van der Waals surface area contributed by atoms with E-state index in [2.05, 4.69) is 10.6 Å². The summed E-state index contributed by atoms with van der Waals surface area (Å²) in [6.45, 7) is 3.67. The fourth-order valence-corrected chi connectivity index (χ4v) is 7.24. The molecular weight excluding hydrogens is 418 g/mol. The van der Waals surface area contributed by atoms with Gasteiger partial charge in [-0.2, -0.15) is 0 Å². The maximum absolute atomic E-state index is 13.5. The molecule has 7 heteroatoms. The van der Waals surface area contributed by atoms with E-state index in [1.165, 1.54) is 24.0 Å². The zero-order chi connectivity index (χ0) is 22.8. The maximum Gasteiger partial charge on any atom is 0.223 e. The number of hydrogen-bond donors (Lipinski definition) is 4. The number of Topliss-reactive ketones (excluding diaryl/α,β-unsaturated/α-hetero) is 1. The van der Waals surface area contributed by atoms with Gasteiger partial charge in [-0.1, -0.05) is 0 Å². The van der Waals surface area contributed by atoms with Crippen LogP contribution in [-0.4, -0.2) is 71.2 Å². The van der Waals surface area contributed by atoms with Crippen molar-refractivity contribution in [3.63, 3.8) is 0 Å². The van der Waals surface area contributed by atoms with Gasteiger partial charge in [-0.3, -0.25) is 9.59 Å². The smallest absolute Gasteiger partial charge is 0.223 e. The topological polar surface area (TPSA) is 102 Å². The first-order valence-electron chi connectivity index (χ1n) is 12.7. The predicted octanol–water partition coefficient (Wildman–Crippen LogP) is 1.03. The Morgan fingerprint density at radius 2 is 1.97 bits per heavy atom. The van der Waals surface area contributed by atoms with Crippen LogP contribution >= 0.6 is 0 Å². The van der Waals surface area contributed by atoms with Crippen LogP contribution in [0.25, 0.3) is 0 Å². The van der Waals surface area contributed by atoms with Crippen LogP contribution in [0.5, 0.6) is 5.75 Å². The molecule has 4 unspecified atom stereocenters. The van der Waals surface area contributed by atoms with Crippen LogP contribution in [0.1, 0.15) is 55.2 Å². The molecule has 0 spiro atoms. The first-order valence-corrected chi connectivity index (χ1v) is 12.7. The van der Waals surface area contributed by atoms with Crippen molar-refractivity contribution in [3.8, 4) is 5.75 Å². The van der Waals surface area contributed by atoms with Gasteiger partial charge < -0.3 is 25.7 Å². The number of carbonyl (C=O) groups excluding carboxylic acids is 2. The van der Waals surface area contributed by atoms with Crippen molar-refractivity contribution < 1.29 is 19.8 Å². The molecular formula is C26H35N3O4. The lowest BCUT2D eigenvalue weighted by molar-refractivity contribution is -0.162. The van der Waals surface area contributed by atoms with Crippen molar-refractivity contribution in [3.05, 3.63) is 28.8 Å². The fraction of sp³-hybridized carbons (Fsp3) is 0.692. The van der Waals surface area contributed by atoms with E-state index in [1.54, 1.807) is 0 Å². The van der Waals surface area contributed by atoms with E-state index in [9.17, 15) is 19.8 Å². The molecule has 4 N–H and O–H groups in total. The minimum atomic E-state index is -1.09. The molecule has 2 aliphatic heterocycles. The minimum absolute atomic E-state index is 0.0214. The van der Waals surface area contributed by atoms with Gasteiger partial charge in [0.1, 0.15) is 11.5 Å². The van der Waals surface area contributed by atoms with Crippen molar-refractivity contribution in [2.45, 2.75) is 68.4 Å². The summed E-state index contributed by atoms with van der Waals surface area (Å²) < 4.78 is 0. The second-order valence-corrected chi connectivity index (χ2v) is 11.1. The Morgan fingerprint density at radius 3 is 2.73 bits per heavy atom. The van der Waals surface area contributed by atoms with Crippen molar-refractivity contribution in [1.29, 1.82) is 0 Å². The molecule has 33 heavy (non-hydrogen) atoms. The van der Waals surface area contributed by atoms with E-state index in [0.29, 0.717) is 38.3 Å². The summed E-state index contributed by atoms with van der Waals surface area (Å²) in [6, 6.07) is 3.58. The van der Waals surface area contributed by atoms with E-state index in [4.69, 9.17) is 0 Å². The second-order valence-electron chi connectivity index (χ2n) is 11.1. The molecule has 6 rings (SSSR count). The number of piperazine rings is 1. The van der Waals surface area contributed by atoms with E-state index in [0.717, 1.165) is 31.6 Å². The molecule has 3 aliphatic carbocycles. The summed E-state index contributed by atoms with van der Waals surface area (Å²) in [5.41, 5.74) is 1.62. The monoisotopic (exact) mass is 453 g/mol. The number of ketones is 1. The number of aliphatic hydroxyl groups is 1. The Kier molecular flexibility index (Phi) is 5.09. The van der Waals surface area contributed by atoms with Crippen molar-refractivity contribution in [1.82, 2.24) is 15.5 Å². The zero-order valence-electron chi connectivity index (χ0n) is 19.2. The lowest BCUT2D eigenvalue weighted by Gasteiger charge is -2.62. The molecule has 0 radical (unpaired) electrons. The van der Waals surface area contributed by atoms with Gasteiger partial charge in [0.2, 0.25) is 5.91 Å². The number of carbonyl (C=O) groups is 2. The molecule has 1 aromatic rings. The summed E-state index contributed by atoms with van der Waals surface area (Å²) in [6.07, 6.45) is 5.57. The molecule has 7 nitrogen and oxygen atoms in total. The van der Waals surface area contributed by atoms with Gasteiger partial charge in [0, 0.05) is 56.4 Å². The van der Waals surface area contributed by atoms with Crippen LogP contribution in [0.15, 0.2) is 12.1 Å². The Labute approximate surface area is 194 Å². The highest BCUT2D eigenvalue weighted by Gasteiger charge is 2.65. The van der Waals surface area contributed by atoms with E-state index >= 15 is 0 Å². The molecule has 1 amide bonds. The number of rotatable bonds is 4. The SMILES string of the molecule is O=C1CC23CCNC(Cc4c(CC5CC5)cc(O)cc42)C3(O)CC1CC(=O)N1CCNCC1. The highest BCUT2D eigenvalue weighted by molar-refractivity contribution is 5.89. The van der Waals surface area contributed by atoms with Gasteiger partial charge in [0.05, 0.1) is 5.60 Å². The summed E-state index contributed by atoms with van der Waals surface area (Å²) >= 11 is 0. The summed E-state index contributed by atoms with van der Waals surface area (Å²) in [7, 11) is 0. The predicted molar refractivity (Wildman–Crippen MR) is 123 cm³/mol. The number of phenols is 1. The molecule has 2 saturated carbocycles. The van der Waals surface area contributed by atoms with Crippen molar-refractivity contribution in [2.75, 3.05) is 32.7 Å². The van der Waals surface area contributed by atoms with Crippen LogP contribution in [-0.2, 0) is 27.8 Å². The number of nitrogens with zero attached hydrogens (tertiary/aromatic N) is 1. The minimum Gasteiger partial charge on any atom is -0.508 e. The number of fused-ring (bicyclic) bond motifs is 1. The number of phenolic OH excluding ortho intramolecular Hbond substituents is 1. The number of benzene rings is 1. The third kappa shape index (κ3) is 3.43.